The minimum Gasteiger partial charge on any atom is -0.0869 e. The van der Waals surface area contributed by atoms with Crippen molar-refractivity contribution in [1.82, 2.24) is 15.1 Å². The summed E-state index contributed by atoms with van der Waals surface area (Å²) in [4.78, 5) is 0.964. The summed E-state index contributed by atoms with van der Waals surface area (Å²) >= 11 is 7.55. The molecule has 0 fully saturated rings. The van der Waals surface area contributed by atoms with E-state index in [1.165, 1.54) is 0 Å². The molecule has 21 heavy (non-hydrogen) atoms. The lowest BCUT2D eigenvalue weighted by Crippen LogP contribution is -2.23. The third-order valence-corrected chi connectivity index (χ3v) is 4.38. The van der Waals surface area contributed by atoms with Gasteiger partial charge in [0, 0.05) is 16.0 Å². The number of fused-ring (bicyclic) bond motifs is 1. The van der Waals surface area contributed by atoms with Crippen LogP contribution in [0.3, 0.4) is 0 Å². The van der Waals surface area contributed by atoms with Crippen LogP contribution in [0.15, 0.2) is 60.0 Å². The Labute approximate surface area is 129 Å². The number of halogens is 1. The standard InChI is InChI=1S/C15H10ClN4S/c16-12-8-6-11(7-9-12)14-10-21-15-19(17-18-20(14)15)13-4-2-1-3-5-13/h1-10H/q+1. The van der Waals surface area contributed by atoms with E-state index in [1.54, 1.807) is 11.3 Å². The molecule has 4 aromatic rings. The number of tetrazole rings is 1. The fraction of sp³-hybridized carbons (Fsp3) is 0. The van der Waals surface area contributed by atoms with Crippen molar-refractivity contribution in [1.29, 1.82) is 0 Å². The van der Waals surface area contributed by atoms with Gasteiger partial charge in [0.25, 0.3) is 0 Å². The van der Waals surface area contributed by atoms with Crippen molar-refractivity contribution < 1.29 is 4.52 Å². The quantitative estimate of drug-likeness (QED) is 0.532. The maximum Gasteiger partial charge on any atom is 0.350 e. The van der Waals surface area contributed by atoms with Crippen LogP contribution < -0.4 is 4.52 Å². The summed E-state index contributed by atoms with van der Waals surface area (Å²) in [6.45, 7) is 0. The van der Waals surface area contributed by atoms with Crippen molar-refractivity contribution in [2.45, 2.75) is 0 Å². The number of rotatable bonds is 2. The van der Waals surface area contributed by atoms with Crippen molar-refractivity contribution in [3.05, 3.63) is 65.0 Å². The first-order valence-corrected chi connectivity index (χ1v) is 7.65. The molecular weight excluding hydrogens is 304 g/mol. The molecule has 2 heterocycles. The van der Waals surface area contributed by atoms with Gasteiger partial charge in [-0.15, -0.1) is 0 Å². The highest BCUT2D eigenvalue weighted by atomic mass is 35.5. The molecule has 0 saturated carbocycles. The van der Waals surface area contributed by atoms with Crippen molar-refractivity contribution >= 4 is 27.9 Å². The highest BCUT2D eigenvalue weighted by Crippen LogP contribution is 2.23. The predicted octanol–water partition coefficient (Wildman–Crippen LogP) is 3.39. The van der Waals surface area contributed by atoms with E-state index in [1.807, 2.05) is 63.8 Å². The number of hydrogen-bond donors (Lipinski definition) is 0. The fourth-order valence-corrected chi connectivity index (χ4v) is 3.25. The van der Waals surface area contributed by atoms with Gasteiger partial charge in [0.1, 0.15) is 16.6 Å². The van der Waals surface area contributed by atoms with Gasteiger partial charge in [-0.1, -0.05) is 45.7 Å². The average Bonchev–Trinajstić information content (AvgIpc) is 3.11. The van der Waals surface area contributed by atoms with E-state index in [0.717, 1.165) is 26.9 Å². The second-order valence-electron chi connectivity index (χ2n) is 4.55. The Morgan fingerprint density at radius 1 is 1.00 bits per heavy atom. The number of thiazole rings is 1. The normalized spacial score (nSPS) is 11.1. The second kappa shape index (κ2) is 4.95. The molecule has 0 unspecified atom stereocenters. The molecule has 0 spiro atoms. The zero-order valence-corrected chi connectivity index (χ0v) is 12.4. The van der Waals surface area contributed by atoms with Gasteiger partial charge < -0.3 is 0 Å². The van der Waals surface area contributed by atoms with Crippen molar-refractivity contribution in [3.8, 4) is 16.9 Å². The molecule has 0 N–H and O–H groups in total. The Morgan fingerprint density at radius 3 is 2.52 bits per heavy atom. The lowest BCUT2D eigenvalue weighted by Gasteiger charge is -1.94. The fourth-order valence-electron chi connectivity index (χ4n) is 2.20. The molecule has 0 amide bonds. The first-order valence-electron chi connectivity index (χ1n) is 6.39. The van der Waals surface area contributed by atoms with Gasteiger partial charge in [-0.05, 0) is 41.1 Å². The minimum atomic E-state index is 0.725. The topological polar surface area (TPSA) is 34.8 Å². The second-order valence-corrected chi connectivity index (χ2v) is 5.82. The maximum absolute atomic E-state index is 5.94. The molecule has 0 atom stereocenters. The molecule has 4 rings (SSSR count). The first kappa shape index (κ1) is 12.5. The number of para-hydroxylation sites is 1. The number of benzene rings is 2. The van der Waals surface area contributed by atoms with Gasteiger partial charge in [-0.25, -0.2) is 0 Å². The van der Waals surface area contributed by atoms with Crippen LogP contribution >= 0.6 is 22.9 Å². The average molecular weight is 314 g/mol. The van der Waals surface area contributed by atoms with Crippen LogP contribution in [0, 0.1) is 0 Å². The molecule has 4 nitrogen and oxygen atoms in total. The van der Waals surface area contributed by atoms with E-state index < -0.39 is 0 Å². The molecule has 6 heteroatoms. The number of aromatic nitrogens is 4. The molecular formula is C15H10ClN4S+. The Kier molecular flexibility index (Phi) is 2.94. The van der Waals surface area contributed by atoms with Gasteiger partial charge in [-0.2, -0.15) is 0 Å². The van der Waals surface area contributed by atoms with E-state index in [9.17, 15) is 0 Å². The maximum atomic E-state index is 5.94. The highest BCUT2D eigenvalue weighted by Gasteiger charge is 2.21. The van der Waals surface area contributed by atoms with Crippen LogP contribution in [-0.4, -0.2) is 15.1 Å². The molecule has 2 aromatic heterocycles. The molecule has 0 aliphatic carbocycles. The van der Waals surface area contributed by atoms with Crippen molar-refractivity contribution in [2.75, 3.05) is 0 Å². The van der Waals surface area contributed by atoms with Crippen LogP contribution in [-0.2, 0) is 0 Å². The van der Waals surface area contributed by atoms with E-state index in [-0.39, 0.29) is 0 Å². The van der Waals surface area contributed by atoms with E-state index in [0.29, 0.717) is 0 Å². The molecule has 102 valence electrons. The van der Waals surface area contributed by atoms with Crippen LogP contribution in [0.4, 0.5) is 0 Å². The van der Waals surface area contributed by atoms with Gasteiger partial charge >= 0.3 is 4.96 Å². The van der Waals surface area contributed by atoms with E-state index >= 15 is 0 Å². The Hall–Kier alpha value is -2.24. The Morgan fingerprint density at radius 2 is 1.76 bits per heavy atom. The zero-order chi connectivity index (χ0) is 14.2. The van der Waals surface area contributed by atoms with Crippen LogP contribution in [0.1, 0.15) is 0 Å². The zero-order valence-electron chi connectivity index (χ0n) is 10.8. The third-order valence-electron chi connectivity index (χ3n) is 3.23. The highest BCUT2D eigenvalue weighted by molar-refractivity contribution is 7.15. The molecule has 0 aliphatic rings. The summed E-state index contributed by atoms with van der Waals surface area (Å²) in [5.41, 5.74) is 3.07. The van der Waals surface area contributed by atoms with Crippen molar-refractivity contribution in [3.63, 3.8) is 0 Å². The Balaban J connectivity index is 1.87. The summed E-state index contributed by atoms with van der Waals surface area (Å²) in [7, 11) is 0. The lowest BCUT2D eigenvalue weighted by molar-refractivity contribution is -0.566. The van der Waals surface area contributed by atoms with Crippen LogP contribution in [0.5, 0.6) is 0 Å². The van der Waals surface area contributed by atoms with Crippen molar-refractivity contribution in [2.24, 2.45) is 0 Å². The monoisotopic (exact) mass is 313 g/mol. The number of hydrogen-bond acceptors (Lipinski definition) is 3. The van der Waals surface area contributed by atoms with E-state index in [2.05, 4.69) is 15.8 Å². The number of nitrogens with zero attached hydrogens (tertiary/aromatic N) is 4. The summed E-state index contributed by atoms with van der Waals surface area (Å²) < 4.78 is 3.69. The summed E-state index contributed by atoms with van der Waals surface area (Å²) in [5, 5.41) is 11.3. The SMILES string of the molecule is Clc1ccc(-c2csc3n(-c4ccccc4)nn[n+]23)cc1. The minimum absolute atomic E-state index is 0.725. The Bertz CT molecular complexity index is 896. The summed E-state index contributed by atoms with van der Waals surface area (Å²) in [5.74, 6) is 0. The summed E-state index contributed by atoms with van der Waals surface area (Å²) in [6.07, 6.45) is 0. The molecule has 2 aromatic carbocycles. The van der Waals surface area contributed by atoms with Crippen LogP contribution in [0.25, 0.3) is 21.9 Å². The van der Waals surface area contributed by atoms with Gasteiger partial charge in [0.15, 0.2) is 5.21 Å². The van der Waals surface area contributed by atoms with Gasteiger partial charge in [-0.3, -0.25) is 0 Å². The third kappa shape index (κ3) is 2.11. The molecule has 0 aliphatic heterocycles. The first-order chi connectivity index (χ1) is 10.3. The molecule has 0 saturated heterocycles. The summed E-state index contributed by atoms with van der Waals surface area (Å²) in [6, 6.07) is 17.7. The van der Waals surface area contributed by atoms with Gasteiger partial charge in [0.05, 0.1) is 0 Å². The molecule has 0 bridgehead atoms. The largest absolute Gasteiger partial charge is 0.350 e. The van der Waals surface area contributed by atoms with E-state index in [4.69, 9.17) is 11.6 Å². The van der Waals surface area contributed by atoms with Gasteiger partial charge in [0.2, 0.25) is 0 Å². The van der Waals surface area contributed by atoms with Crippen LogP contribution in [0.2, 0.25) is 5.02 Å². The lowest BCUT2D eigenvalue weighted by atomic mass is 10.2. The predicted molar refractivity (Wildman–Crippen MR) is 82.8 cm³/mol. The smallest absolute Gasteiger partial charge is 0.0869 e. The molecule has 0 radical (unpaired) electrons.